The Balaban J connectivity index is 1.65. The molecule has 1 amide bonds. The number of benzene rings is 2. The van der Waals surface area contributed by atoms with Crippen LogP contribution in [0.15, 0.2) is 54.6 Å². The van der Waals surface area contributed by atoms with Gasteiger partial charge in [-0.2, -0.15) is 0 Å². The fourth-order valence-electron chi connectivity index (χ4n) is 3.17. The topological polar surface area (TPSA) is 49.4 Å². The first-order chi connectivity index (χ1) is 12.6. The third-order valence-electron chi connectivity index (χ3n) is 4.51. The number of hydrogen-bond donors (Lipinski definition) is 1. The lowest BCUT2D eigenvalue weighted by atomic mass is 10.1. The van der Waals surface area contributed by atoms with Gasteiger partial charge in [0.25, 0.3) is 0 Å². The Hall–Kier alpha value is -2.88. The van der Waals surface area contributed by atoms with Gasteiger partial charge in [-0.3, -0.25) is 9.59 Å². The maximum absolute atomic E-state index is 12.4. The van der Waals surface area contributed by atoms with Gasteiger partial charge in [-0.05, 0) is 55.2 Å². The second-order valence-electron chi connectivity index (χ2n) is 6.60. The van der Waals surface area contributed by atoms with E-state index in [-0.39, 0.29) is 11.7 Å². The third kappa shape index (κ3) is 4.82. The predicted octanol–water partition coefficient (Wildman–Crippen LogP) is 4.53. The van der Waals surface area contributed by atoms with Crippen LogP contribution in [0, 0.1) is 0 Å². The van der Waals surface area contributed by atoms with Gasteiger partial charge in [-0.1, -0.05) is 30.3 Å². The van der Waals surface area contributed by atoms with E-state index in [0.717, 1.165) is 18.7 Å². The van der Waals surface area contributed by atoms with Crippen LogP contribution in [0.4, 0.5) is 11.4 Å². The van der Waals surface area contributed by atoms with Crippen molar-refractivity contribution >= 4 is 29.1 Å². The molecule has 1 fully saturated rings. The van der Waals surface area contributed by atoms with Crippen LogP contribution in [0.25, 0.3) is 6.08 Å². The van der Waals surface area contributed by atoms with Crippen LogP contribution in [0.1, 0.15) is 42.1 Å². The fourth-order valence-corrected chi connectivity index (χ4v) is 3.17. The number of amides is 1. The molecule has 4 heteroatoms. The lowest BCUT2D eigenvalue weighted by Gasteiger charge is -2.28. The van der Waals surface area contributed by atoms with E-state index in [1.165, 1.54) is 31.9 Å². The average molecular weight is 348 g/mol. The molecule has 1 aliphatic rings. The summed E-state index contributed by atoms with van der Waals surface area (Å²) in [7, 11) is 0. The van der Waals surface area contributed by atoms with Crippen molar-refractivity contribution in [1.82, 2.24) is 0 Å². The molecule has 3 rings (SSSR count). The summed E-state index contributed by atoms with van der Waals surface area (Å²) in [6, 6.07) is 15.3. The van der Waals surface area contributed by atoms with E-state index in [1.54, 1.807) is 30.3 Å². The molecule has 1 saturated heterocycles. The lowest BCUT2D eigenvalue weighted by molar-refractivity contribution is -0.114. The maximum atomic E-state index is 12.4. The zero-order valence-electron chi connectivity index (χ0n) is 15.1. The Kier molecular flexibility index (Phi) is 5.84. The Morgan fingerprint density at radius 3 is 2.42 bits per heavy atom. The number of nitrogens with one attached hydrogen (secondary N) is 1. The van der Waals surface area contributed by atoms with Crippen molar-refractivity contribution in [3.8, 4) is 0 Å². The number of carbonyl (C=O) groups is 2. The molecule has 2 aromatic rings. The Labute approximate surface area is 154 Å². The van der Waals surface area contributed by atoms with E-state index < -0.39 is 0 Å². The van der Waals surface area contributed by atoms with Crippen molar-refractivity contribution in [2.75, 3.05) is 23.3 Å². The third-order valence-corrected chi connectivity index (χ3v) is 4.51. The second-order valence-corrected chi connectivity index (χ2v) is 6.60. The van der Waals surface area contributed by atoms with Gasteiger partial charge in [-0.25, -0.2) is 0 Å². The van der Waals surface area contributed by atoms with Crippen molar-refractivity contribution in [2.45, 2.75) is 26.2 Å². The molecule has 0 atom stereocenters. The van der Waals surface area contributed by atoms with Crippen molar-refractivity contribution in [1.29, 1.82) is 0 Å². The van der Waals surface area contributed by atoms with Crippen molar-refractivity contribution in [3.63, 3.8) is 0 Å². The molecule has 0 aromatic heterocycles. The van der Waals surface area contributed by atoms with E-state index in [1.807, 2.05) is 18.2 Å². The van der Waals surface area contributed by atoms with Crippen molar-refractivity contribution in [2.24, 2.45) is 0 Å². The molecule has 26 heavy (non-hydrogen) atoms. The standard InChI is InChI=1S/C22H24N2O2/c1-17(25)23-20-7-5-6-19(16-20)22(26)13-10-18-8-11-21(12-9-18)24-14-3-2-4-15-24/h5-13,16H,2-4,14-15H2,1H3,(H,23,25)/b13-10+. The van der Waals surface area contributed by atoms with Crippen LogP contribution < -0.4 is 10.2 Å². The Bertz CT molecular complexity index is 803. The molecule has 2 aromatic carbocycles. The van der Waals surface area contributed by atoms with Crippen LogP contribution in [0.2, 0.25) is 0 Å². The summed E-state index contributed by atoms with van der Waals surface area (Å²) in [5.74, 6) is -0.240. The number of anilines is 2. The molecule has 1 heterocycles. The number of carbonyl (C=O) groups excluding carboxylic acids is 2. The van der Waals surface area contributed by atoms with Gasteiger partial charge in [0, 0.05) is 37.0 Å². The van der Waals surface area contributed by atoms with Crippen LogP contribution in [0.3, 0.4) is 0 Å². The molecule has 0 aliphatic carbocycles. The monoisotopic (exact) mass is 348 g/mol. The molecule has 1 aliphatic heterocycles. The van der Waals surface area contributed by atoms with Crippen LogP contribution in [-0.2, 0) is 4.79 Å². The molecular weight excluding hydrogens is 324 g/mol. The first kappa shape index (κ1) is 17.9. The molecule has 0 saturated carbocycles. The van der Waals surface area contributed by atoms with E-state index >= 15 is 0 Å². The predicted molar refractivity (Wildman–Crippen MR) is 107 cm³/mol. The van der Waals surface area contributed by atoms with Gasteiger partial charge in [0.1, 0.15) is 0 Å². The molecule has 134 valence electrons. The number of nitrogens with zero attached hydrogens (tertiary/aromatic N) is 1. The van der Waals surface area contributed by atoms with Crippen molar-refractivity contribution in [3.05, 3.63) is 65.7 Å². The zero-order valence-corrected chi connectivity index (χ0v) is 15.1. The summed E-state index contributed by atoms with van der Waals surface area (Å²) in [5, 5.41) is 2.69. The van der Waals surface area contributed by atoms with E-state index in [2.05, 4.69) is 22.3 Å². The van der Waals surface area contributed by atoms with Gasteiger partial charge >= 0.3 is 0 Å². The molecule has 0 bridgehead atoms. The highest BCUT2D eigenvalue weighted by Crippen LogP contribution is 2.20. The van der Waals surface area contributed by atoms with Gasteiger partial charge in [0.15, 0.2) is 5.78 Å². The first-order valence-electron chi connectivity index (χ1n) is 9.07. The Morgan fingerprint density at radius 1 is 1.00 bits per heavy atom. The molecule has 0 spiro atoms. The van der Waals surface area contributed by atoms with Crippen LogP contribution >= 0.6 is 0 Å². The first-order valence-corrected chi connectivity index (χ1v) is 9.07. The van der Waals surface area contributed by atoms with Crippen molar-refractivity contribution < 1.29 is 9.59 Å². The number of allylic oxidation sites excluding steroid dienone is 1. The summed E-state index contributed by atoms with van der Waals surface area (Å²) in [6.07, 6.45) is 7.24. The Morgan fingerprint density at radius 2 is 1.73 bits per heavy atom. The largest absolute Gasteiger partial charge is 0.372 e. The summed E-state index contributed by atoms with van der Waals surface area (Å²) in [6.45, 7) is 3.69. The smallest absolute Gasteiger partial charge is 0.221 e. The highest BCUT2D eigenvalue weighted by atomic mass is 16.1. The van der Waals surface area contributed by atoms with Crippen LogP contribution in [0.5, 0.6) is 0 Å². The summed E-state index contributed by atoms with van der Waals surface area (Å²) >= 11 is 0. The summed E-state index contributed by atoms with van der Waals surface area (Å²) < 4.78 is 0. The van der Waals surface area contributed by atoms with E-state index in [9.17, 15) is 9.59 Å². The molecular formula is C22H24N2O2. The zero-order chi connectivity index (χ0) is 18.4. The fraction of sp³-hybridized carbons (Fsp3) is 0.273. The molecule has 1 N–H and O–H groups in total. The average Bonchev–Trinajstić information content (AvgIpc) is 2.67. The van der Waals surface area contributed by atoms with E-state index in [4.69, 9.17) is 0 Å². The summed E-state index contributed by atoms with van der Waals surface area (Å²) in [4.78, 5) is 25.9. The SMILES string of the molecule is CC(=O)Nc1cccc(C(=O)/C=C/c2ccc(N3CCCCC3)cc2)c1. The normalized spacial score (nSPS) is 14.4. The second kappa shape index (κ2) is 8.48. The highest BCUT2D eigenvalue weighted by Gasteiger charge is 2.10. The highest BCUT2D eigenvalue weighted by molar-refractivity contribution is 6.07. The number of rotatable bonds is 5. The van der Waals surface area contributed by atoms with Gasteiger partial charge in [-0.15, -0.1) is 0 Å². The minimum Gasteiger partial charge on any atom is -0.372 e. The van der Waals surface area contributed by atoms with Gasteiger partial charge in [0.05, 0.1) is 0 Å². The van der Waals surface area contributed by atoms with Gasteiger partial charge in [0.2, 0.25) is 5.91 Å². The number of piperidine rings is 1. The quantitative estimate of drug-likeness (QED) is 0.638. The van der Waals surface area contributed by atoms with Crippen LogP contribution in [-0.4, -0.2) is 24.8 Å². The lowest BCUT2D eigenvalue weighted by Crippen LogP contribution is -2.29. The number of ketones is 1. The molecule has 4 nitrogen and oxygen atoms in total. The van der Waals surface area contributed by atoms with E-state index in [0.29, 0.717) is 11.3 Å². The van der Waals surface area contributed by atoms with Gasteiger partial charge < -0.3 is 10.2 Å². The summed E-state index contributed by atoms with van der Waals surface area (Å²) in [5.41, 5.74) is 3.42. The molecule has 0 unspecified atom stereocenters. The molecule has 0 radical (unpaired) electrons. The minimum absolute atomic E-state index is 0.0858. The maximum Gasteiger partial charge on any atom is 0.221 e. The minimum atomic E-state index is -0.154. The number of hydrogen-bond acceptors (Lipinski definition) is 3.